The van der Waals surface area contributed by atoms with Crippen LogP contribution in [0.25, 0.3) is 0 Å². The highest BCUT2D eigenvalue weighted by molar-refractivity contribution is 5.89. The summed E-state index contributed by atoms with van der Waals surface area (Å²) >= 11 is 0. The first kappa shape index (κ1) is 14.1. The van der Waals surface area contributed by atoms with Gasteiger partial charge in [0.1, 0.15) is 6.10 Å². The zero-order chi connectivity index (χ0) is 13.7. The Labute approximate surface area is 103 Å². The monoisotopic (exact) mass is 255 g/mol. The standard InChI is InChI=1S/C11H13NO6/c1-2-18-11(17)9(14)8(13)7-5-12-4-3-6(7)10(15)16/h3-5,8-9,13-14H,2H2,1H3,(H,15,16). The zero-order valence-electron chi connectivity index (χ0n) is 9.61. The Morgan fingerprint density at radius 1 is 1.44 bits per heavy atom. The lowest BCUT2D eigenvalue weighted by atomic mass is 10.0. The summed E-state index contributed by atoms with van der Waals surface area (Å²) in [5.74, 6) is -2.31. The maximum absolute atomic E-state index is 11.2. The number of aliphatic hydroxyl groups excluding tert-OH is 2. The summed E-state index contributed by atoms with van der Waals surface area (Å²) in [6.45, 7) is 1.59. The van der Waals surface area contributed by atoms with Gasteiger partial charge in [-0.05, 0) is 13.0 Å². The molecule has 7 nitrogen and oxygen atoms in total. The number of aliphatic hydroxyl groups is 2. The average molecular weight is 255 g/mol. The summed E-state index contributed by atoms with van der Waals surface area (Å²) in [5.41, 5.74) is -0.383. The van der Waals surface area contributed by atoms with E-state index in [2.05, 4.69) is 9.72 Å². The molecule has 98 valence electrons. The Morgan fingerprint density at radius 2 is 2.11 bits per heavy atom. The molecule has 3 N–H and O–H groups in total. The number of nitrogens with zero attached hydrogens (tertiary/aromatic N) is 1. The normalized spacial score (nSPS) is 13.7. The van der Waals surface area contributed by atoms with Crippen molar-refractivity contribution >= 4 is 11.9 Å². The highest BCUT2D eigenvalue weighted by Gasteiger charge is 2.30. The summed E-state index contributed by atoms with van der Waals surface area (Å²) in [6.07, 6.45) is -1.25. The van der Waals surface area contributed by atoms with E-state index in [1.54, 1.807) is 6.92 Å². The van der Waals surface area contributed by atoms with E-state index in [1.807, 2.05) is 0 Å². The second-order valence-electron chi connectivity index (χ2n) is 3.41. The first-order valence-electron chi connectivity index (χ1n) is 5.19. The Bertz CT molecular complexity index is 447. The van der Waals surface area contributed by atoms with Crippen LogP contribution in [0.4, 0.5) is 0 Å². The van der Waals surface area contributed by atoms with Gasteiger partial charge in [0.25, 0.3) is 0 Å². The van der Waals surface area contributed by atoms with Crippen LogP contribution in [0.5, 0.6) is 0 Å². The van der Waals surface area contributed by atoms with Crippen molar-refractivity contribution in [1.82, 2.24) is 4.98 Å². The fourth-order valence-corrected chi connectivity index (χ4v) is 1.36. The van der Waals surface area contributed by atoms with Crippen molar-refractivity contribution in [2.24, 2.45) is 0 Å². The molecule has 0 saturated heterocycles. The number of carbonyl (C=O) groups is 2. The molecule has 0 fully saturated rings. The topological polar surface area (TPSA) is 117 Å². The molecule has 0 saturated carbocycles. The minimum absolute atomic E-state index is 0.0431. The van der Waals surface area contributed by atoms with Crippen LogP contribution in [0.15, 0.2) is 18.5 Å². The number of hydrogen-bond acceptors (Lipinski definition) is 6. The molecule has 1 heterocycles. The quantitative estimate of drug-likeness (QED) is 0.620. The van der Waals surface area contributed by atoms with Gasteiger partial charge in [0, 0.05) is 18.0 Å². The van der Waals surface area contributed by atoms with Crippen molar-refractivity contribution in [2.45, 2.75) is 19.1 Å². The van der Waals surface area contributed by atoms with E-state index in [9.17, 15) is 19.8 Å². The summed E-state index contributed by atoms with van der Waals surface area (Å²) in [6, 6.07) is 1.17. The van der Waals surface area contributed by atoms with E-state index < -0.39 is 24.1 Å². The minimum atomic E-state index is -1.85. The number of carboxylic acids is 1. The third-order valence-corrected chi connectivity index (χ3v) is 2.23. The zero-order valence-corrected chi connectivity index (χ0v) is 9.61. The molecule has 0 aliphatic carbocycles. The maximum atomic E-state index is 11.2. The molecule has 0 bridgehead atoms. The second-order valence-corrected chi connectivity index (χ2v) is 3.41. The van der Waals surface area contributed by atoms with Crippen molar-refractivity contribution in [2.75, 3.05) is 6.61 Å². The Balaban J connectivity index is 2.99. The van der Waals surface area contributed by atoms with Crippen LogP contribution in [-0.2, 0) is 9.53 Å². The molecule has 1 aromatic heterocycles. The number of esters is 1. The molecule has 2 atom stereocenters. The van der Waals surface area contributed by atoms with E-state index in [1.165, 1.54) is 12.3 Å². The van der Waals surface area contributed by atoms with E-state index in [0.29, 0.717) is 0 Å². The van der Waals surface area contributed by atoms with Crippen LogP contribution < -0.4 is 0 Å². The molecule has 0 spiro atoms. The minimum Gasteiger partial charge on any atom is -0.478 e. The first-order chi connectivity index (χ1) is 8.49. The third kappa shape index (κ3) is 3.02. The largest absolute Gasteiger partial charge is 0.478 e. The first-order valence-corrected chi connectivity index (χ1v) is 5.19. The van der Waals surface area contributed by atoms with Crippen LogP contribution in [0.3, 0.4) is 0 Å². The average Bonchev–Trinajstić information content (AvgIpc) is 2.37. The van der Waals surface area contributed by atoms with Gasteiger partial charge in [0.05, 0.1) is 12.2 Å². The lowest BCUT2D eigenvalue weighted by molar-refractivity contribution is -0.159. The molecular weight excluding hydrogens is 242 g/mol. The number of carboxylic acid groups (broad SMARTS) is 1. The predicted octanol–water partition coefficient (Wildman–Crippen LogP) is -0.263. The number of aromatic nitrogens is 1. The van der Waals surface area contributed by atoms with E-state index in [-0.39, 0.29) is 17.7 Å². The number of rotatable bonds is 5. The molecule has 0 aliphatic rings. The van der Waals surface area contributed by atoms with E-state index in [4.69, 9.17) is 5.11 Å². The molecule has 18 heavy (non-hydrogen) atoms. The van der Waals surface area contributed by atoms with Crippen LogP contribution >= 0.6 is 0 Å². The number of carbonyl (C=O) groups excluding carboxylic acids is 1. The Morgan fingerprint density at radius 3 is 2.67 bits per heavy atom. The number of pyridine rings is 1. The molecule has 0 amide bonds. The van der Waals surface area contributed by atoms with Crippen LogP contribution in [0.1, 0.15) is 28.9 Å². The third-order valence-electron chi connectivity index (χ3n) is 2.23. The Hall–Kier alpha value is -1.99. The molecule has 7 heteroatoms. The lowest BCUT2D eigenvalue weighted by Gasteiger charge is -2.17. The van der Waals surface area contributed by atoms with Crippen molar-refractivity contribution in [3.63, 3.8) is 0 Å². The molecule has 2 unspecified atom stereocenters. The SMILES string of the molecule is CCOC(=O)C(O)C(O)c1cnccc1C(=O)O. The molecule has 0 aromatic carbocycles. The fourth-order valence-electron chi connectivity index (χ4n) is 1.36. The molecule has 0 aliphatic heterocycles. The van der Waals surface area contributed by atoms with Crippen molar-refractivity contribution < 1.29 is 29.6 Å². The van der Waals surface area contributed by atoms with Crippen molar-refractivity contribution in [1.29, 1.82) is 0 Å². The number of hydrogen-bond donors (Lipinski definition) is 3. The van der Waals surface area contributed by atoms with Gasteiger partial charge in [-0.2, -0.15) is 0 Å². The fraction of sp³-hybridized carbons (Fsp3) is 0.364. The van der Waals surface area contributed by atoms with Crippen molar-refractivity contribution in [3.05, 3.63) is 29.6 Å². The summed E-state index contributed by atoms with van der Waals surface area (Å²) < 4.78 is 4.53. The smallest absolute Gasteiger partial charge is 0.338 e. The van der Waals surface area contributed by atoms with Gasteiger partial charge in [-0.1, -0.05) is 0 Å². The van der Waals surface area contributed by atoms with E-state index >= 15 is 0 Å². The summed E-state index contributed by atoms with van der Waals surface area (Å²) in [5, 5.41) is 28.2. The lowest BCUT2D eigenvalue weighted by Crippen LogP contribution is -2.30. The predicted molar refractivity (Wildman–Crippen MR) is 58.8 cm³/mol. The van der Waals surface area contributed by atoms with Gasteiger partial charge >= 0.3 is 11.9 Å². The van der Waals surface area contributed by atoms with E-state index in [0.717, 1.165) is 6.20 Å². The van der Waals surface area contributed by atoms with Crippen molar-refractivity contribution in [3.8, 4) is 0 Å². The van der Waals surface area contributed by atoms with Gasteiger partial charge in [0.2, 0.25) is 0 Å². The van der Waals surface area contributed by atoms with Crippen LogP contribution in [0.2, 0.25) is 0 Å². The molecule has 1 rings (SSSR count). The maximum Gasteiger partial charge on any atom is 0.338 e. The van der Waals surface area contributed by atoms with Gasteiger partial charge in [-0.15, -0.1) is 0 Å². The summed E-state index contributed by atoms with van der Waals surface area (Å²) in [4.78, 5) is 25.8. The Kier molecular flexibility index (Phi) is 4.75. The number of ether oxygens (including phenoxy) is 1. The highest BCUT2D eigenvalue weighted by Crippen LogP contribution is 2.21. The molecular formula is C11H13NO6. The highest BCUT2D eigenvalue weighted by atomic mass is 16.5. The second kappa shape index (κ2) is 6.08. The molecule has 1 aromatic rings. The van der Waals surface area contributed by atoms with Crippen LogP contribution in [0, 0.1) is 0 Å². The van der Waals surface area contributed by atoms with Gasteiger partial charge in [0.15, 0.2) is 6.10 Å². The van der Waals surface area contributed by atoms with Gasteiger partial charge in [-0.3, -0.25) is 4.98 Å². The van der Waals surface area contributed by atoms with Gasteiger partial charge in [-0.25, -0.2) is 9.59 Å². The van der Waals surface area contributed by atoms with Crippen LogP contribution in [-0.4, -0.2) is 45.0 Å². The summed E-state index contributed by atoms with van der Waals surface area (Å²) in [7, 11) is 0. The molecule has 0 radical (unpaired) electrons. The van der Waals surface area contributed by atoms with Gasteiger partial charge < -0.3 is 20.1 Å². The number of aromatic carboxylic acids is 1.